The van der Waals surface area contributed by atoms with Crippen LogP contribution in [0.5, 0.6) is 0 Å². The van der Waals surface area contributed by atoms with Crippen LogP contribution in [0.1, 0.15) is 18.6 Å². The van der Waals surface area contributed by atoms with E-state index in [1.54, 1.807) is 0 Å². The summed E-state index contributed by atoms with van der Waals surface area (Å²) < 4.78 is 1.04. The standard InChI is InChI=1S/C14H25N2.CH4.BrH/c1-13-7-6-8-14(11-13)12-16(4,5)10-9-15(2)3;;/h6-8,11H,9-10,12H2,1-5H3;1H4;1H/q+1;;/p-1. The van der Waals surface area contributed by atoms with Gasteiger partial charge in [-0.2, -0.15) is 0 Å². The predicted octanol–water partition coefficient (Wildman–Crippen LogP) is -0.227. The van der Waals surface area contributed by atoms with Gasteiger partial charge in [0, 0.05) is 12.1 Å². The first-order valence-corrected chi connectivity index (χ1v) is 5.91. The second kappa shape index (κ2) is 8.68. The van der Waals surface area contributed by atoms with Gasteiger partial charge in [0.15, 0.2) is 0 Å². The van der Waals surface area contributed by atoms with E-state index in [2.05, 4.69) is 64.3 Å². The van der Waals surface area contributed by atoms with Crippen molar-refractivity contribution in [3.8, 4) is 0 Å². The molecular weight excluding hydrogens is 288 g/mol. The van der Waals surface area contributed by atoms with Gasteiger partial charge in [0.25, 0.3) is 0 Å². The third kappa shape index (κ3) is 7.85. The van der Waals surface area contributed by atoms with Gasteiger partial charge in [0.05, 0.1) is 20.6 Å². The Morgan fingerprint density at radius 3 is 2.28 bits per heavy atom. The maximum atomic E-state index is 2.30. The summed E-state index contributed by atoms with van der Waals surface area (Å²) in [5, 5.41) is 0. The van der Waals surface area contributed by atoms with Crippen LogP contribution >= 0.6 is 0 Å². The normalized spacial score (nSPS) is 10.8. The third-order valence-corrected chi connectivity index (χ3v) is 2.85. The Labute approximate surface area is 124 Å². The van der Waals surface area contributed by atoms with Crippen LogP contribution in [0.3, 0.4) is 0 Å². The molecule has 1 aromatic carbocycles. The van der Waals surface area contributed by atoms with Crippen molar-refractivity contribution in [2.75, 3.05) is 41.3 Å². The molecule has 0 unspecified atom stereocenters. The molecule has 0 aliphatic rings. The fourth-order valence-corrected chi connectivity index (χ4v) is 1.85. The fourth-order valence-electron chi connectivity index (χ4n) is 1.85. The highest BCUT2D eigenvalue weighted by molar-refractivity contribution is 5.21. The molecule has 0 fully saturated rings. The van der Waals surface area contributed by atoms with Crippen molar-refractivity contribution in [2.45, 2.75) is 20.9 Å². The number of hydrogen-bond donors (Lipinski definition) is 0. The third-order valence-electron chi connectivity index (χ3n) is 2.85. The summed E-state index contributed by atoms with van der Waals surface area (Å²) in [6.07, 6.45) is 0. The number of aryl methyl sites for hydroxylation is 1. The summed E-state index contributed by atoms with van der Waals surface area (Å²) in [6, 6.07) is 8.82. The van der Waals surface area contributed by atoms with Crippen LogP contribution < -0.4 is 17.0 Å². The van der Waals surface area contributed by atoms with Crippen molar-refractivity contribution in [3.63, 3.8) is 0 Å². The van der Waals surface area contributed by atoms with Gasteiger partial charge in [-0.1, -0.05) is 37.3 Å². The summed E-state index contributed by atoms with van der Waals surface area (Å²) in [4.78, 5) is 2.25. The molecule has 0 heterocycles. The van der Waals surface area contributed by atoms with Gasteiger partial charge in [-0.05, 0) is 21.0 Å². The number of rotatable bonds is 5. The number of benzene rings is 1. The van der Waals surface area contributed by atoms with Crippen LogP contribution in [0.25, 0.3) is 0 Å². The molecule has 0 N–H and O–H groups in total. The molecule has 1 rings (SSSR count). The lowest BCUT2D eigenvalue weighted by atomic mass is 10.1. The number of hydrogen-bond acceptors (Lipinski definition) is 1. The number of nitrogens with zero attached hydrogens (tertiary/aromatic N) is 2. The van der Waals surface area contributed by atoms with Gasteiger partial charge in [-0.25, -0.2) is 0 Å². The second-order valence-electron chi connectivity index (χ2n) is 5.61. The Morgan fingerprint density at radius 2 is 1.78 bits per heavy atom. The molecule has 0 atom stereocenters. The van der Waals surface area contributed by atoms with Gasteiger partial charge >= 0.3 is 0 Å². The Bertz CT molecular complexity index is 335. The lowest BCUT2D eigenvalue weighted by molar-refractivity contribution is -0.903. The molecule has 106 valence electrons. The summed E-state index contributed by atoms with van der Waals surface area (Å²) in [7, 11) is 8.86. The molecule has 18 heavy (non-hydrogen) atoms. The van der Waals surface area contributed by atoms with Crippen molar-refractivity contribution < 1.29 is 21.5 Å². The predicted molar refractivity (Wildman–Crippen MR) is 77.1 cm³/mol. The minimum atomic E-state index is 0. The molecule has 0 amide bonds. The zero-order valence-electron chi connectivity index (χ0n) is 11.7. The SMILES string of the molecule is C.Cc1cccc(C[N+](C)(C)CCN(C)C)c1.[Br-]. The van der Waals surface area contributed by atoms with Crippen molar-refractivity contribution >= 4 is 0 Å². The van der Waals surface area contributed by atoms with Gasteiger partial charge < -0.3 is 26.4 Å². The zero-order chi connectivity index (χ0) is 12.2. The van der Waals surface area contributed by atoms with Crippen LogP contribution in [0.2, 0.25) is 0 Å². The fraction of sp³-hybridized carbons (Fsp3) is 0.600. The quantitative estimate of drug-likeness (QED) is 0.679. The molecule has 2 nitrogen and oxygen atoms in total. The van der Waals surface area contributed by atoms with Crippen LogP contribution in [-0.4, -0.2) is 50.7 Å². The van der Waals surface area contributed by atoms with E-state index in [1.165, 1.54) is 17.7 Å². The molecule has 3 heteroatoms. The average molecular weight is 317 g/mol. The summed E-state index contributed by atoms with van der Waals surface area (Å²) >= 11 is 0. The van der Waals surface area contributed by atoms with Crippen LogP contribution in [-0.2, 0) is 6.54 Å². The first-order valence-electron chi connectivity index (χ1n) is 5.91. The molecule has 1 aromatic rings. The van der Waals surface area contributed by atoms with Gasteiger partial charge in [0.1, 0.15) is 6.54 Å². The maximum Gasteiger partial charge on any atom is 0.104 e. The smallest absolute Gasteiger partial charge is 0.104 e. The number of quaternary nitrogens is 1. The summed E-state index contributed by atoms with van der Waals surface area (Å²) in [6.45, 7) is 5.58. The number of halogens is 1. The molecule has 0 aliphatic carbocycles. The highest BCUT2D eigenvalue weighted by Gasteiger charge is 2.15. The lowest BCUT2D eigenvalue weighted by Gasteiger charge is -2.31. The molecule has 0 aromatic heterocycles. The monoisotopic (exact) mass is 316 g/mol. The maximum absolute atomic E-state index is 2.30. The highest BCUT2D eigenvalue weighted by atomic mass is 79.9. The molecular formula is C15H29BrN2. The minimum absolute atomic E-state index is 0. The zero-order valence-corrected chi connectivity index (χ0v) is 13.3. The Kier molecular flexibility index (Phi) is 9.61. The summed E-state index contributed by atoms with van der Waals surface area (Å²) in [5.74, 6) is 0. The average Bonchev–Trinajstić information content (AvgIpc) is 2.14. The van der Waals surface area contributed by atoms with Crippen molar-refractivity contribution in [1.82, 2.24) is 4.90 Å². The van der Waals surface area contributed by atoms with Gasteiger partial charge in [0.2, 0.25) is 0 Å². The molecule has 0 saturated heterocycles. The van der Waals surface area contributed by atoms with Crippen LogP contribution in [0.4, 0.5) is 0 Å². The van der Waals surface area contributed by atoms with Crippen molar-refractivity contribution in [1.29, 1.82) is 0 Å². The van der Waals surface area contributed by atoms with E-state index in [9.17, 15) is 0 Å². The van der Waals surface area contributed by atoms with Crippen LogP contribution in [0.15, 0.2) is 24.3 Å². The minimum Gasteiger partial charge on any atom is -1.00 e. The van der Waals surface area contributed by atoms with Crippen molar-refractivity contribution in [3.05, 3.63) is 35.4 Å². The van der Waals surface area contributed by atoms with Gasteiger partial charge in [-0.15, -0.1) is 0 Å². The molecule has 0 bridgehead atoms. The molecule has 0 radical (unpaired) electrons. The molecule has 0 spiro atoms. The van der Waals surface area contributed by atoms with E-state index < -0.39 is 0 Å². The Morgan fingerprint density at radius 1 is 1.17 bits per heavy atom. The highest BCUT2D eigenvalue weighted by Crippen LogP contribution is 2.10. The van der Waals surface area contributed by atoms with E-state index in [4.69, 9.17) is 0 Å². The van der Waals surface area contributed by atoms with E-state index in [0.717, 1.165) is 17.6 Å². The Hall–Kier alpha value is -0.380. The Balaban J connectivity index is 0. The van der Waals surface area contributed by atoms with Crippen LogP contribution in [0, 0.1) is 6.92 Å². The van der Waals surface area contributed by atoms with Crippen molar-refractivity contribution in [2.24, 2.45) is 0 Å². The topological polar surface area (TPSA) is 3.24 Å². The summed E-state index contributed by atoms with van der Waals surface area (Å²) in [5.41, 5.74) is 2.79. The van der Waals surface area contributed by atoms with Gasteiger partial charge in [-0.3, -0.25) is 0 Å². The van der Waals surface area contributed by atoms with E-state index in [0.29, 0.717) is 0 Å². The van der Waals surface area contributed by atoms with E-state index >= 15 is 0 Å². The second-order valence-corrected chi connectivity index (χ2v) is 5.61. The molecule has 0 saturated carbocycles. The largest absolute Gasteiger partial charge is 1.00 e. The first-order chi connectivity index (χ1) is 7.39. The number of likely N-dealkylation sites (N-methyl/N-ethyl adjacent to an activating group) is 2. The van der Waals surface area contributed by atoms with E-state index in [1.807, 2.05) is 0 Å². The van der Waals surface area contributed by atoms with E-state index in [-0.39, 0.29) is 24.4 Å². The molecule has 0 aliphatic heterocycles. The lowest BCUT2D eigenvalue weighted by Crippen LogP contribution is -3.00. The first kappa shape index (κ1) is 19.9.